The van der Waals surface area contributed by atoms with Crippen LogP contribution in [-0.2, 0) is 0 Å². The van der Waals surface area contributed by atoms with Crippen LogP contribution in [0.1, 0.15) is 35.1 Å². The van der Waals surface area contributed by atoms with E-state index in [4.69, 9.17) is 4.74 Å². The second-order valence-electron chi connectivity index (χ2n) is 5.99. The third kappa shape index (κ3) is 4.06. The summed E-state index contributed by atoms with van der Waals surface area (Å²) in [6.07, 6.45) is 0. The first-order valence-electron chi connectivity index (χ1n) is 8.08. The van der Waals surface area contributed by atoms with Crippen LogP contribution in [0, 0.1) is 0 Å². The average Bonchev–Trinajstić information content (AvgIpc) is 3.13. The van der Waals surface area contributed by atoms with Gasteiger partial charge in [-0.05, 0) is 36.4 Å². The Morgan fingerprint density at radius 2 is 1.76 bits per heavy atom. The predicted molar refractivity (Wildman–Crippen MR) is 103 cm³/mol. The van der Waals surface area contributed by atoms with Gasteiger partial charge in [0.2, 0.25) is 0 Å². The summed E-state index contributed by atoms with van der Waals surface area (Å²) < 4.78 is 5.10. The van der Waals surface area contributed by atoms with Gasteiger partial charge in [-0.1, -0.05) is 26.0 Å². The van der Waals surface area contributed by atoms with Gasteiger partial charge in [0.1, 0.15) is 5.75 Å². The molecular weight excluding hydrogens is 332 g/mol. The van der Waals surface area contributed by atoms with Crippen molar-refractivity contribution in [2.45, 2.75) is 19.8 Å². The monoisotopic (exact) mass is 352 g/mol. The minimum atomic E-state index is -0.147. The van der Waals surface area contributed by atoms with Crippen molar-refractivity contribution in [2.24, 2.45) is 0 Å². The van der Waals surface area contributed by atoms with E-state index < -0.39 is 0 Å². The minimum absolute atomic E-state index is 0.147. The number of thiazole rings is 1. The highest BCUT2D eigenvalue weighted by molar-refractivity contribution is 7.10. The lowest BCUT2D eigenvalue weighted by atomic mass is 10.1. The fourth-order valence-corrected chi connectivity index (χ4v) is 3.20. The first-order chi connectivity index (χ1) is 12.1. The van der Waals surface area contributed by atoms with Crippen LogP contribution in [-0.4, -0.2) is 18.0 Å². The molecule has 0 aliphatic heterocycles. The number of benzene rings is 2. The van der Waals surface area contributed by atoms with Crippen LogP contribution < -0.4 is 10.1 Å². The molecule has 1 aromatic heterocycles. The topological polar surface area (TPSA) is 51.2 Å². The van der Waals surface area contributed by atoms with Crippen LogP contribution in [0.4, 0.5) is 5.69 Å². The molecule has 0 radical (unpaired) electrons. The molecule has 0 bridgehead atoms. The fraction of sp³-hybridized carbons (Fsp3) is 0.200. The van der Waals surface area contributed by atoms with E-state index >= 15 is 0 Å². The van der Waals surface area contributed by atoms with Crippen LogP contribution in [0.3, 0.4) is 0 Å². The molecule has 0 saturated heterocycles. The molecular formula is C20H20N2O2S. The van der Waals surface area contributed by atoms with Crippen molar-refractivity contribution in [1.82, 2.24) is 4.98 Å². The summed E-state index contributed by atoms with van der Waals surface area (Å²) in [5, 5.41) is 6.10. The van der Waals surface area contributed by atoms with E-state index in [1.165, 1.54) is 0 Å². The molecule has 1 heterocycles. The molecule has 0 spiro atoms. The second-order valence-corrected chi connectivity index (χ2v) is 6.88. The zero-order chi connectivity index (χ0) is 17.8. The molecule has 4 nitrogen and oxygen atoms in total. The summed E-state index contributed by atoms with van der Waals surface area (Å²) in [5.41, 5.74) is 3.36. The highest BCUT2D eigenvalue weighted by Crippen LogP contribution is 2.27. The molecule has 25 heavy (non-hydrogen) atoms. The van der Waals surface area contributed by atoms with E-state index in [0.29, 0.717) is 11.5 Å². The normalized spacial score (nSPS) is 10.7. The molecule has 3 rings (SSSR count). The van der Waals surface area contributed by atoms with Gasteiger partial charge in [-0.25, -0.2) is 4.98 Å². The summed E-state index contributed by atoms with van der Waals surface area (Å²) in [6, 6.07) is 14.8. The Balaban J connectivity index is 1.70. The van der Waals surface area contributed by atoms with E-state index in [1.807, 2.05) is 24.3 Å². The standard InChI is InChI=1S/C20H20N2O2S/c1-13(2)20-22-18(12-25-20)14-4-8-16(9-5-14)21-19(23)15-6-10-17(24-3)11-7-15/h4-13H,1-3H3,(H,21,23). The zero-order valence-electron chi connectivity index (χ0n) is 14.4. The maximum Gasteiger partial charge on any atom is 0.255 e. The van der Waals surface area contributed by atoms with Gasteiger partial charge in [0.05, 0.1) is 17.8 Å². The van der Waals surface area contributed by atoms with Crippen molar-refractivity contribution in [3.8, 4) is 17.0 Å². The molecule has 2 aromatic carbocycles. The van der Waals surface area contributed by atoms with E-state index in [2.05, 4.69) is 29.5 Å². The number of ether oxygens (including phenoxy) is 1. The van der Waals surface area contributed by atoms with Crippen LogP contribution in [0.2, 0.25) is 0 Å². The Kier molecular flexibility index (Phi) is 5.14. The summed E-state index contributed by atoms with van der Waals surface area (Å²) >= 11 is 1.68. The zero-order valence-corrected chi connectivity index (χ0v) is 15.3. The number of amides is 1. The number of rotatable bonds is 5. The summed E-state index contributed by atoms with van der Waals surface area (Å²) in [7, 11) is 1.60. The molecule has 0 fully saturated rings. The predicted octanol–water partition coefficient (Wildman–Crippen LogP) is 5.19. The molecule has 1 N–H and O–H groups in total. The number of carbonyl (C=O) groups is 1. The van der Waals surface area contributed by atoms with Gasteiger partial charge in [0, 0.05) is 28.1 Å². The Hall–Kier alpha value is -2.66. The molecule has 128 valence electrons. The summed E-state index contributed by atoms with van der Waals surface area (Å²) in [4.78, 5) is 16.9. The molecule has 0 aliphatic rings. The fourth-order valence-electron chi connectivity index (χ4n) is 2.36. The van der Waals surface area contributed by atoms with Crippen molar-refractivity contribution >= 4 is 22.9 Å². The molecule has 5 heteroatoms. The molecule has 0 atom stereocenters. The Morgan fingerprint density at radius 1 is 1.08 bits per heavy atom. The van der Waals surface area contributed by atoms with Crippen molar-refractivity contribution in [3.05, 3.63) is 64.5 Å². The van der Waals surface area contributed by atoms with E-state index in [0.717, 1.165) is 27.7 Å². The van der Waals surface area contributed by atoms with Crippen molar-refractivity contribution in [1.29, 1.82) is 0 Å². The number of aromatic nitrogens is 1. The number of methoxy groups -OCH3 is 1. The minimum Gasteiger partial charge on any atom is -0.497 e. The highest BCUT2D eigenvalue weighted by atomic mass is 32.1. The van der Waals surface area contributed by atoms with Gasteiger partial charge in [-0.15, -0.1) is 11.3 Å². The third-order valence-corrected chi connectivity index (χ3v) is 4.95. The maximum absolute atomic E-state index is 12.3. The summed E-state index contributed by atoms with van der Waals surface area (Å²) in [6.45, 7) is 4.28. The quantitative estimate of drug-likeness (QED) is 0.687. The van der Waals surface area contributed by atoms with Gasteiger partial charge in [0.25, 0.3) is 5.91 Å². The van der Waals surface area contributed by atoms with Gasteiger partial charge in [-0.2, -0.15) is 0 Å². The van der Waals surface area contributed by atoms with E-state index in [1.54, 1.807) is 42.7 Å². The number of hydrogen-bond donors (Lipinski definition) is 1. The first kappa shape index (κ1) is 17.2. The second kappa shape index (κ2) is 7.49. The van der Waals surface area contributed by atoms with Crippen LogP contribution in [0.25, 0.3) is 11.3 Å². The largest absolute Gasteiger partial charge is 0.497 e. The van der Waals surface area contributed by atoms with Crippen LogP contribution in [0.15, 0.2) is 53.9 Å². The first-order valence-corrected chi connectivity index (χ1v) is 8.96. The third-order valence-electron chi connectivity index (χ3n) is 3.81. The number of anilines is 1. The maximum atomic E-state index is 12.3. The average molecular weight is 352 g/mol. The van der Waals surface area contributed by atoms with Crippen LogP contribution in [0.5, 0.6) is 5.75 Å². The number of nitrogens with zero attached hydrogens (tertiary/aromatic N) is 1. The molecule has 1 amide bonds. The number of carbonyl (C=O) groups excluding carboxylic acids is 1. The Bertz CT molecular complexity index is 852. The van der Waals surface area contributed by atoms with Crippen molar-refractivity contribution < 1.29 is 9.53 Å². The van der Waals surface area contributed by atoms with Crippen molar-refractivity contribution in [2.75, 3.05) is 12.4 Å². The van der Waals surface area contributed by atoms with Gasteiger partial charge >= 0.3 is 0 Å². The SMILES string of the molecule is COc1ccc(C(=O)Nc2ccc(-c3csc(C(C)C)n3)cc2)cc1. The van der Waals surface area contributed by atoms with Crippen molar-refractivity contribution in [3.63, 3.8) is 0 Å². The highest BCUT2D eigenvalue weighted by Gasteiger charge is 2.09. The van der Waals surface area contributed by atoms with Gasteiger partial charge < -0.3 is 10.1 Å². The van der Waals surface area contributed by atoms with E-state index in [9.17, 15) is 4.79 Å². The smallest absolute Gasteiger partial charge is 0.255 e. The Labute approximate surface area is 151 Å². The number of hydrogen-bond acceptors (Lipinski definition) is 4. The van der Waals surface area contributed by atoms with Gasteiger partial charge in [0.15, 0.2) is 0 Å². The van der Waals surface area contributed by atoms with E-state index in [-0.39, 0.29) is 5.91 Å². The lowest BCUT2D eigenvalue weighted by molar-refractivity contribution is 0.102. The molecule has 0 unspecified atom stereocenters. The lowest BCUT2D eigenvalue weighted by Crippen LogP contribution is -2.11. The van der Waals surface area contributed by atoms with Gasteiger partial charge in [-0.3, -0.25) is 4.79 Å². The molecule has 3 aromatic rings. The summed E-state index contributed by atoms with van der Waals surface area (Å²) in [5.74, 6) is 1.01. The molecule has 0 aliphatic carbocycles. The van der Waals surface area contributed by atoms with Crippen LogP contribution >= 0.6 is 11.3 Å². The molecule has 0 saturated carbocycles. The number of nitrogens with one attached hydrogen (secondary N) is 1. The Morgan fingerprint density at radius 3 is 2.32 bits per heavy atom. The lowest BCUT2D eigenvalue weighted by Gasteiger charge is -2.07.